The number of carbonyl (C=O) groups is 1. The number of piperidine rings is 1. The Bertz CT molecular complexity index is 770. The molecular weight excluding hydrogens is 421 g/mol. The van der Waals surface area contributed by atoms with Crippen molar-refractivity contribution in [3.05, 3.63) is 23.8 Å². The van der Waals surface area contributed by atoms with Crippen molar-refractivity contribution in [2.24, 2.45) is 5.92 Å². The number of alkyl halides is 3. The second kappa shape index (κ2) is 10.3. The second-order valence-corrected chi connectivity index (χ2v) is 9.39. The minimum atomic E-state index is -4.27. The summed E-state index contributed by atoms with van der Waals surface area (Å²) in [5.41, 5.74) is 1.27. The van der Waals surface area contributed by atoms with Crippen LogP contribution in [0.1, 0.15) is 69.3 Å². The van der Waals surface area contributed by atoms with Gasteiger partial charge >= 0.3 is 6.18 Å². The van der Waals surface area contributed by atoms with E-state index in [0.717, 1.165) is 76.1 Å². The number of para-hydroxylation sites is 1. The fraction of sp³-hybridized carbons (Fsp3) is 0.708. The zero-order chi connectivity index (χ0) is 22.6. The number of fused-ring (bicyclic) bond motifs is 1. The van der Waals surface area contributed by atoms with Crippen LogP contribution in [0.15, 0.2) is 18.2 Å². The van der Waals surface area contributed by atoms with Gasteiger partial charge in [0.05, 0.1) is 6.42 Å². The molecule has 1 saturated carbocycles. The van der Waals surface area contributed by atoms with Crippen LogP contribution in [0.3, 0.4) is 0 Å². The Morgan fingerprint density at radius 1 is 1.06 bits per heavy atom. The zero-order valence-corrected chi connectivity index (χ0v) is 18.5. The highest BCUT2D eigenvalue weighted by atomic mass is 19.4. The van der Waals surface area contributed by atoms with Crippen LogP contribution in [0.5, 0.6) is 11.5 Å². The van der Waals surface area contributed by atoms with Crippen LogP contribution in [-0.2, 0) is 4.79 Å². The highest BCUT2D eigenvalue weighted by molar-refractivity contribution is 5.76. The monoisotopic (exact) mass is 454 g/mol. The first-order valence-corrected chi connectivity index (χ1v) is 11.8. The van der Waals surface area contributed by atoms with Crippen molar-refractivity contribution in [1.29, 1.82) is 0 Å². The third-order valence-corrected chi connectivity index (χ3v) is 7.16. The van der Waals surface area contributed by atoms with Crippen LogP contribution in [0.2, 0.25) is 0 Å². The van der Waals surface area contributed by atoms with E-state index in [1.165, 1.54) is 5.56 Å². The normalized spacial score (nSPS) is 24.5. The summed E-state index contributed by atoms with van der Waals surface area (Å²) in [6, 6.07) is 6.20. The van der Waals surface area contributed by atoms with Gasteiger partial charge in [-0.15, -0.1) is 0 Å². The first-order valence-electron chi connectivity index (χ1n) is 11.8. The maximum Gasteiger partial charge on any atom is 0.389 e. The molecule has 0 aromatic heterocycles. The molecule has 1 aromatic carbocycles. The fourth-order valence-electron chi connectivity index (χ4n) is 5.26. The average molecular weight is 455 g/mol. The summed E-state index contributed by atoms with van der Waals surface area (Å²) in [6.07, 6.45) is 1.42. The molecule has 3 aliphatic rings. The number of hydrogen-bond donors (Lipinski definition) is 1. The lowest BCUT2D eigenvalue weighted by Crippen LogP contribution is -2.39. The predicted octanol–water partition coefficient (Wildman–Crippen LogP) is 5.00. The molecule has 0 radical (unpaired) electrons. The lowest BCUT2D eigenvalue weighted by Gasteiger charge is -2.34. The maximum atomic E-state index is 12.2. The van der Waals surface area contributed by atoms with Crippen LogP contribution < -0.4 is 14.8 Å². The molecule has 5 nitrogen and oxygen atoms in total. The smallest absolute Gasteiger partial charge is 0.389 e. The van der Waals surface area contributed by atoms with Gasteiger partial charge < -0.3 is 19.7 Å². The summed E-state index contributed by atoms with van der Waals surface area (Å²) in [4.78, 5) is 14.3. The summed E-state index contributed by atoms with van der Waals surface area (Å²) in [5.74, 6) is 2.46. The molecule has 1 aliphatic carbocycles. The Hall–Kier alpha value is -1.96. The molecule has 2 aliphatic heterocycles. The summed E-state index contributed by atoms with van der Waals surface area (Å²) in [7, 11) is 0. The third kappa shape index (κ3) is 6.30. The zero-order valence-electron chi connectivity index (χ0n) is 18.5. The van der Waals surface area contributed by atoms with Crippen molar-refractivity contribution in [2.45, 2.75) is 75.9 Å². The Labute approximate surface area is 187 Å². The maximum absolute atomic E-state index is 12.2. The van der Waals surface area contributed by atoms with E-state index in [4.69, 9.17) is 9.47 Å². The molecular formula is C24H33F3N2O3. The van der Waals surface area contributed by atoms with Crippen molar-refractivity contribution in [2.75, 3.05) is 26.4 Å². The van der Waals surface area contributed by atoms with Crippen molar-refractivity contribution in [3.63, 3.8) is 0 Å². The van der Waals surface area contributed by atoms with E-state index in [9.17, 15) is 18.0 Å². The number of likely N-dealkylation sites (tertiary alicyclic amines) is 1. The van der Waals surface area contributed by atoms with Gasteiger partial charge in [0.1, 0.15) is 0 Å². The molecule has 1 N–H and O–H groups in total. The standard InChI is InChI=1S/C24H33F3N2O3/c25-24(26,27)12-8-22(30)28-19-6-4-17(5-7-19)9-13-29-14-10-18(11-15-29)20-2-1-3-21-23(20)32-16-31-21/h1-3,17-19H,4-16H2,(H,28,30)/t17-,19-. The number of carbonyl (C=O) groups excluding carboxylic acids is 1. The molecule has 1 aromatic rings. The van der Waals surface area contributed by atoms with Gasteiger partial charge in [-0.2, -0.15) is 13.2 Å². The highest BCUT2D eigenvalue weighted by Gasteiger charge is 2.30. The van der Waals surface area contributed by atoms with E-state index in [1.54, 1.807) is 0 Å². The van der Waals surface area contributed by atoms with Crippen molar-refractivity contribution in [3.8, 4) is 11.5 Å². The van der Waals surface area contributed by atoms with E-state index in [-0.39, 0.29) is 6.04 Å². The molecule has 0 unspecified atom stereocenters. The Kier molecular flexibility index (Phi) is 7.48. The number of amides is 1. The molecule has 8 heteroatoms. The van der Waals surface area contributed by atoms with Gasteiger partial charge in [0, 0.05) is 18.0 Å². The predicted molar refractivity (Wildman–Crippen MR) is 115 cm³/mol. The van der Waals surface area contributed by atoms with Crippen LogP contribution in [-0.4, -0.2) is 49.5 Å². The minimum absolute atomic E-state index is 0.0292. The van der Waals surface area contributed by atoms with Gasteiger partial charge in [-0.25, -0.2) is 0 Å². The van der Waals surface area contributed by atoms with Gasteiger partial charge in [-0.05, 0) is 82.5 Å². The Morgan fingerprint density at radius 3 is 2.53 bits per heavy atom. The summed E-state index contributed by atoms with van der Waals surface area (Å²) in [5, 5.41) is 2.79. The van der Waals surface area contributed by atoms with Crippen molar-refractivity contribution >= 4 is 5.91 Å². The van der Waals surface area contributed by atoms with E-state index in [0.29, 0.717) is 18.6 Å². The van der Waals surface area contributed by atoms with Gasteiger partial charge in [-0.1, -0.05) is 12.1 Å². The van der Waals surface area contributed by atoms with Gasteiger partial charge in [0.15, 0.2) is 11.5 Å². The topological polar surface area (TPSA) is 50.8 Å². The molecule has 32 heavy (non-hydrogen) atoms. The molecule has 0 bridgehead atoms. The lowest BCUT2D eigenvalue weighted by atomic mass is 9.83. The number of halogens is 3. The number of nitrogens with zero attached hydrogens (tertiary/aromatic N) is 1. The molecule has 4 rings (SSSR count). The quantitative estimate of drug-likeness (QED) is 0.630. The van der Waals surface area contributed by atoms with E-state index >= 15 is 0 Å². The van der Waals surface area contributed by atoms with Crippen LogP contribution in [0, 0.1) is 5.92 Å². The summed E-state index contributed by atoms with van der Waals surface area (Å²) >= 11 is 0. The first kappa shape index (κ1) is 23.2. The van der Waals surface area contributed by atoms with E-state index in [1.807, 2.05) is 12.1 Å². The molecule has 1 amide bonds. The van der Waals surface area contributed by atoms with Crippen LogP contribution in [0.25, 0.3) is 0 Å². The molecule has 0 atom stereocenters. The average Bonchev–Trinajstić information content (AvgIpc) is 3.26. The van der Waals surface area contributed by atoms with Crippen molar-refractivity contribution < 1.29 is 27.4 Å². The van der Waals surface area contributed by atoms with Crippen LogP contribution in [0.4, 0.5) is 13.2 Å². The molecule has 0 spiro atoms. The summed E-state index contributed by atoms with van der Waals surface area (Å²) in [6.45, 7) is 3.57. The lowest BCUT2D eigenvalue weighted by molar-refractivity contribution is -0.144. The number of benzene rings is 1. The number of nitrogens with one attached hydrogen (secondary N) is 1. The minimum Gasteiger partial charge on any atom is -0.454 e. The molecule has 2 fully saturated rings. The third-order valence-electron chi connectivity index (χ3n) is 7.16. The van der Waals surface area contributed by atoms with E-state index in [2.05, 4.69) is 16.3 Å². The van der Waals surface area contributed by atoms with Gasteiger partial charge in [-0.3, -0.25) is 4.79 Å². The van der Waals surface area contributed by atoms with E-state index < -0.39 is 24.9 Å². The molecule has 1 saturated heterocycles. The van der Waals surface area contributed by atoms with Crippen LogP contribution >= 0.6 is 0 Å². The number of rotatable bonds is 7. The van der Waals surface area contributed by atoms with Gasteiger partial charge in [0.25, 0.3) is 0 Å². The molecule has 2 heterocycles. The van der Waals surface area contributed by atoms with Crippen molar-refractivity contribution in [1.82, 2.24) is 10.2 Å². The Morgan fingerprint density at radius 2 is 1.81 bits per heavy atom. The second-order valence-electron chi connectivity index (χ2n) is 9.39. The first-order chi connectivity index (χ1) is 15.4. The summed E-state index contributed by atoms with van der Waals surface area (Å²) < 4.78 is 47.9. The highest BCUT2D eigenvalue weighted by Crippen LogP contribution is 2.42. The van der Waals surface area contributed by atoms with Gasteiger partial charge in [0.2, 0.25) is 12.7 Å². The molecule has 178 valence electrons. The largest absolute Gasteiger partial charge is 0.454 e. The number of ether oxygens (including phenoxy) is 2. The number of hydrogen-bond acceptors (Lipinski definition) is 4. The SMILES string of the molecule is O=C(CCC(F)(F)F)N[C@H]1CC[C@H](CCN2CCC(c3cccc4c3OCO4)CC2)CC1. The fourth-order valence-corrected chi connectivity index (χ4v) is 5.26. The Balaban J connectivity index is 1.12.